The Hall–Kier alpha value is -1.84. The third-order valence-electron chi connectivity index (χ3n) is 4.34. The van der Waals surface area contributed by atoms with E-state index in [0.717, 1.165) is 38.3 Å². The monoisotopic (exact) mass is 296 g/mol. The van der Waals surface area contributed by atoms with Gasteiger partial charge in [0.1, 0.15) is 5.75 Å². The number of rotatable bonds is 5. The van der Waals surface area contributed by atoms with E-state index in [1.54, 1.807) is 7.11 Å². The molecule has 1 aliphatic heterocycles. The Morgan fingerprint density at radius 1 is 1.05 bits per heavy atom. The van der Waals surface area contributed by atoms with E-state index in [0.29, 0.717) is 6.04 Å². The molecule has 1 N–H and O–H groups in total. The highest BCUT2D eigenvalue weighted by Crippen LogP contribution is 2.28. The minimum atomic E-state index is 0.402. The molecule has 1 saturated heterocycles. The average molecular weight is 296 g/mol. The van der Waals surface area contributed by atoms with Gasteiger partial charge < -0.3 is 10.1 Å². The molecule has 2 aromatic carbocycles. The van der Waals surface area contributed by atoms with Crippen LogP contribution in [0.5, 0.6) is 5.75 Å². The van der Waals surface area contributed by atoms with Crippen molar-refractivity contribution in [2.75, 3.05) is 33.3 Å². The maximum atomic E-state index is 5.41. The molecule has 0 radical (unpaired) electrons. The van der Waals surface area contributed by atoms with Gasteiger partial charge in [-0.1, -0.05) is 42.5 Å². The lowest BCUT2D eigenvalue weighted by molar-refractivity contribution is 0.172. The van der Waals surface area contributed by atoms with Crippen LogP contribution in [0, 0.1) is 0 Å². The first-order valence-corrected chi connectivity index (χ1v) is 7.99. The lowest BCUT2D eigenvalue weighted by atomic mass is 9.96. The minimum absolute atomic E-state index is 0.402. The second-order valence-electron chi connectivity index (χ2n) is 5.77. The first-order chi connectivity index (χ1) is 10.9. The van der Waals surface area contributed by atoms with E-state index in [2.05, 4.69) is 58.7 Å². The molecule has 0 saturated carbocycles. The van der Waals surface area contributed by atoms with Crippen molar-refractivity contribution in [2.24, 2.45) is 0 Å². The third-order valence-corrected chi connectivity index (χ3v) is 4.34. The summed E-state index contributed by atoms with van der Waals surface area (Å²) >= 11 is 0. The molecule has 22 heavy (non-hydrogen) atoms. The molecule has 3 nitrogen and oxygen atoms in total. The van der Waals surface area contributed by atoms with Crippen molar-refractivity contribution in [3.05, 3.63) is 65.7 Å². The molecule has 1 atom stereocenters. The fraction of sp³-hybridized carbons (Fsp3) is 0.368. The van der Waals surface area contributed by atoms with Gasteiger partial charge >= 0.3 is 0 Å². The number of hydrogen-bond donors (Lipinski definition) is 1. The standard InChI is InChI=1S/C19H24N2O/c1-22-18-9-5-8-17(15-18)19(21-12-10-20-11-13-21)14-16-6-3-2-4-7-16/h2-9,15,19-20H,10-14H2,1H3. The molecule has 0 aromatic heterocycles. The second kappa shape index (κ2) is 7.43. The molecule has 2 aromatic rings. The van der Waals surface area contributed by atoms with Gasteiger partial charge in [-0.05, 0) is 29.7 Å². The summed E-state index contributed by atoms with van der Waals surface area (Å²) in [5.74, 6) is 0.936. The van der Waals surface area contributed by atoms with Gasteiger partial charge in [-0.3, -0.25) is 4.90 Å². The summed E-state index contributed by atoms with van der Waals surface area (Å²) in [4.78, 5) is 2.58. The summed E-state index contributed by atoms with van der Waals surface area (Å²) in [7, 11) is 1.73. The van der Waals surface area contributed by atoms with Crippen molar-refractivity contribution < 1.29 is 4.74 Å². The zero-order valence-corrected chi connectivity index (χ0v) is 13.2. The lowest BCUT2D eigenvalue weighted by Crippen LogP contribution is -2.45. The largest absolute Gasteiger partial charge is 0.497 e. The van der Waals surface area contributed by atoms with Crippen LogP contribution in [-0.4, -0.2) is 38.2 Å². The molecule has 1 heterocycles. The maximum absolute atomic E-state index is 5.41. The topological polar surface area (TPSA) is 24.5 Å². The quantitative estimate of drug-likeness (QED) is 0.918. The second-order valence-corrected chi connectivity index (χ2v) is 5.77. The van der Waals surface area contributed by atoms with Crippen LogP contribution < -0.4 is 10.1 Å². The van der Waals surface area contributed by atoms with E-state index >= 15 is 0 Å². The zero-order chi connectivity index (χ0) is 15.2. The molecule has 116 valence electrons. The van der Waals surface area contributed by atoms with Gasteiger partial charge in [-0.15, -0.1) is 0 Å². The Balaban J connectivity index is 1.87. The van der Waals surface area contributed by atoms with Crippen molar-refractivity contribution in [3.8, 4) is 5.75 Å². The van der Waals surface area contributed by atoms with Gasteiger partial charge in [0.15, 0.2) is 0 Å². The maximum Gasteiger partial charge on any atom is 0.119 e. The smallest absolute Gasteiger partial charge is 0.119 e. The molecule has 3 rings (SSSR count). The van der Waals surface area contributed by atoms with Gasteiger partial charge in [0.2, 0.25) is 0 Å². The SMILES string of the molecule is COc1cccc(C(Cc2ccccc2)N2CCNCC2)c1. The van der Waals surface area contributed by atoms with Crippen molar-refractivity contribution in [1.29, 1.82) is 0 Å². The van der Waals surface area contributed by atoms with Crippen LogP contribution in [0.4, 0.5) is 0 Å². The van der Waals surface area contributed by atoms with Crippen molar-refractivity contribution >= 4 is 0 Å². The Kier molecular flexibility index (Phi) is 5.09. The molecule has 0 spiro atoms. The van der Waals surface area contributed by atoms with Crippen LogP contribution in [0.1, 0.15) is 17.2 Å². The molecule has 0 amide bonds. The number of ether oxygens (including phenoxy) is 1. The van der Waals surface area contributed by atoms with Gasteiger partial charge in [-0.2, -0.15) is 0 Å². The summed E-state index contributed by atoms with van der Waals surface area (Å²) in [6, 6.07) is 19.7. The summed E-state index contributed by atoms with van der Waals surface area (Å²) in [5.41, 5.74) is 2.72. The Morgan fingerprint density at radius 3 is 2.55 bits per heavy atom. The highest BCUT2D eigenvalue weighted by atomic mass is 16.5. The van der Waals surface area contributed by atoms with E-state index in [1.807, 2.05) is 6.07 Å². The molecule has 1 aliphatic rings. The number of methoxy groups -OCH3 is 1. The van der Waals surface area contributed by atoms with Crippen LogP contribution in [0.3, 0.4) is 0 Å². The fourth-order valence-corrected chi connectivity index (χ4v) is 3.14. The van der Waals surface area contributed by atoms with Crippen LogP contribution in [-0.2, 0) is 6.42 Å². The number of hydrogen-bond acceptors (Lipinski definition) is 3. The number of nitrogens with one attached hydrogen (secondary N) is 1. The molecule has 0 aliphatic carbocycles. The number of piperazine rings is 1. The third kappa shape index (κ3) is 3.67. The van der Waals surface area contributed by atoms with Gasteiger partial charge in [0.25, 0.3) is 0 Å². The normalized spacial score (nSPS) is 17.1. The van der Waals surface area contributed by atoms with Crippen LogP contribution in [0.25, 0.3) is 0 Å². The summed E-state index contributed by atoms with van der Waals surface area (Å²) in [6.07, 6.45) is 1.04. The van der Waals surface area contributed by atoms with Crippen LogP contribution in [0.2, 0.25) is 0 Å². The van der Waals surface area contributed by atoms with Crippen molar-refractivity contribution in [2.45, 2.75) is 12.5 Å². The van der Waals surface area contributed by atoms with Crippen LogP contribution >= 0.6 is 0 Å². The summed E-state index contributed by atoms with van der Waals surface area (Å²) < 4.78 is 5.41. The van der Waals surface area contributed by atoms with Crippen molar-refractivity contribution in [1.82, 2.24) is 10.2 Å². The minimum Gasteiger partial charge on any atom is -0.497 e. The molecule has 0 bridgehead atoms. The van der Waals surface area contributed by atoms with Gasteiger partial charge in [0, 0.05) is 32.2 Å². The predicted molar refractivity (Wildman–Crippen MR) is 90.3 cm³/mol. The first kappa shape index (κ1) is 15.1. The van der Waals surface area contributed by atoms with E-state index < -0.39 is 0 Å². The predicted octanol–water partition coefficient (Wildman–Crippen LogP) is 2.88. The van der Waals surface area contributed by atoms with E-state index in [9.17, 15) is 0 Å². The number of nitrogens with zero attached hydrogens (tertiary/aromatic N) is 1. The zero-order valence-electron chi connectivity index (χ0n) is 13.2. The van der Waals surface area contributed by atoms with Gasteiger partial charge in [0.05, 0.1) is 7.11 Å². The first-order valence-electron chi connectivity index (χ1n) is 7.99. The Labute approximate surface area is 132 Å². The molecule has 3 heteroatoms. The lowest BCUT2D eigenvalue weighted by Gasteiger charge is -2.35. The Morgan fingerprint density at radius 2 is 1.82 bits per heavy atom. The summed E-state index contributed by atoms with van der Waals surface area (Å²) in [6.45, 7) is 4.31. The average Bonchev–Trinajstić information content (AvgIpc) is 2.61. The highest BCUT2D eigenvalue weighted by molar-refractivity contribution is 5.32. The fourth-order valence-electron chi connectivity index (χ4n) is 3.14. The van der Waals surface area contributed by atoms with Gasteiger partial charge in [-0.25, -0.2) is 0 Å². The van der Waals surface area contributed by atoms with E-state index in [4.69, 9.17) is 4.74 Å². The van der Waals surface area contributed by atoms with Crippen molar-refractivity contribution in [3.63, 3.8) is 0 Å². The van der Waals surface area contributed by atoms with E-state index in [1.165, 1.54) is 11.1 Å². The highest BCUT2D eigenvalue weighted by Gasteiger charge is 2.22. The Bertz CT molecular complexity index is 579. The molecule has 1 unspecified atom stereocenters. The molecular weight excluding hydrogens is 272 g/mol. The number of benzene rings is 2. The molecule has 1 fully saturated rings. The van der Waals surface area contributed by atoms with E-state index in [-0.39, 0.29) is 0 Å². The molecular formula is C19H24N2O. The van der Waals surface area contributed by atoms with Crippen LogP contribution in [0.15, 0.2) is 54.6 Å². The summed E-state index contributed by atoms with van der Waals surface area (Å²) in [5, 5.41) is 3.44.